The maximum absolute atomic E-state index is 12.8. The molecule has 2 atom stereocenters. The van der Waals surface area contributed by atoms with E-state index in [0.717, 1.165) is 11.0 Å². The molecule has 1 saturated heterocycles. The van der Waals surface area contributed by atoms with Crippen LogP contribution >= 0.6 is 11.3 Å². The van der Waals surface area contributed by atoms with Gasteiger partial charge in [-0.25, -0.2) is 8.42 Å². The van der Waals surface area contributed by atoms with Crippen molar-refractivity contribution in [3.8, 4) is 0 Å². The minimum Gasteiger partial charge on any atom is -0.459 e. The quantitative estimate of drug-likeness (QED) is 0.684. The van der Waals surface area contributed by atoms with Crippen LogP contribution in [0.4, 0.5) is 0 Å². The first kappa shape index (κ1) is 19.2. The van der Waals surface area contributed by atoms with Crippen LogP contribution in [0.15, 0.2) is 56.5 Å². The highest BCUT2D eigenvalue weighted by molar-refractivity contribution is 7.91. The molecular formula is C20H22N2O4S2. The lowest BCUT2D eigenvalue weighted by atomic mass is 9.98. The highest BCUT2D eigenvalue weighted by Crippen LogP contribution is 2.28. The second-order valence-corrected chi connectivity index (χ2v) is 10.2. The maximum Gasteiger partial charge on any atom is 0.252 e. The van der Waals surface area contributed by atoms with Crippen molar-refractivity contribution < 1.29 is 17.6 Å². The maximum atomic E-state index is 12.8. The van der Waals surface area contributed by atoms with Crippen molar-refractivity contribution in [2.45, 2.75) is 30.0 Å². The summed E-state index contributed by atoms with van der Waals surface area (Å²) in [4.78, 5) is 12.8. The van der Waals surface area contributed by atoms with Gasteiger partial charge in [-0.2, -0.15) is 4.31 Å². The highest BCUT2D eigenvalue weighted by atomic mass is 32.2. The van der Waals surface area contributed by atoms with E-state index in [2.05, 4.69) is 5.32 Å². The van der Waals surface area contributed by atoms with Crippen molar-refractivity contribution in [1.29, 1.82) is 0 Å². The summed E-state index contributed by atoms with van der Waals surface area (Å²) < 4.78 is 33.1. The van der Waals surface area contributed by atoms with Crippen LogP contribution in [0.25, 0.3) is 11.0 Å². The van der Waals surface area contributed by atoms with E-state index < -0.39 is 10.0 Å². The van der Waals surface area contributed by atoms with Gasteiger partial charge in [-0.05, 0) is 43.3 Å². The topological polar surface area (TPSA) is 79.6 Å². The number of amides is 1. The van der Waals surface area contributed by atoms with Gasteiger partial charge in [0.2, 0.25) is 5.91 Å². The number of para-hydroxylation sites is 1. The summed E-state index contributed by atoms with van der Waals surface area (Å²) in [6, 6.07) is 12.7. The molecule has 0 aliphatic carbocycles. The number of benzene rings is 1. The van der Waals surface area contributed by atoms with E-state index >= 15 is 0 Å². The number of nitrogens with one attached hydrogen (secondary N) is 1. The number of hydrogen-bond acceptors (Lipinski definition) is 5. The SMILES string of the molecule is C[C@@H](NC(=O)[C@@H]1CCCN(S(=O)(=O)c2cccs2)C1)c1cc2ccccc2o1. The summed E-state index contributed by atoms with van der Waals surface area (Å²) in [5, 5.41) is 5.72. The van der Waals surface area contributed by atoms with Crippen LogP contribution in [0.1, 0.15) is 31.6 Å². The average Bonchev–Trinajstić information content (AvgIpc) is 3.38. The van der Waals surface area contributed by atoms with E-state index in [-0.39, 0.29) is 24.4 Å². The van der Waals surface area contributed by atoms with Crippen LogP contribution in [0.2, 0.25) is 0 Å². The molecule has 8 heteroatoms. The summed E-state index contributed by atoms with van der Waals surface area (Å²) in [6.45, 7) is 2.53. The molecule has 3 heterocycles. The van der Waals surface area contributed by atoms with Crippen molar-refractivity contribution in [1.82, 2.24) is 9.62 Å². The molecule has 1 N–H and O–H groups in total. The number of rotatable bonds is 5. The molecule has 1 aliphatic heterocycles. The van der Waals surface area contributed by atoms with Gasteiger partial charge in [0, 0.05) is 18.5 Å². The molecule has 28 heavy (non-hydrogen) atoms. The number of piperidine rings is 1. The lowest BCUT2D eigenvalue weighted by Crippen LogP contribution is -2.45. The Morgan fingerprint density at radius 3 is 2.86 bits per heavy atom. The Bertz CT molecular complexity index is 1040. The van der Waals surface area contributed by atoms with Crippen molar-refractivity contribution in [3.05, 3.63) is 53.6 Å². The van der Waals surface area contributed by atoms with Gasteiger partial charge in [0.05, 0.1) is 12.0 Å². The molecular weight excluding hydrogens is 396 g/mol. The molecule has 3 aromatic rings. The number of furan rings is 1. The Morgan fingerprint density at radius 2 is 2.11 bits per heavy atom. The third-order valence-electron chi connectivity index (χ3n) is 5.07. The minimum atomic E-state index is -3.53. The second kappa shape index (κ2) is 7.69. The van der Waals surface area contributed by atoms with Crippen LogP contribution in [0.3, 0.4) is 0 Å². The Kier molecular flexibility index (Phi) is 5.27. The van der Waals surface area contributed by atoms with Crippen molar-refractivity contribution >= 4 is 38.2 Å². The smallest absolute Gasteiger partial charge is 0.252 e. The van der Waals surface area contributed by atoms with Gasteiger partial charge < -0.3 is 9.73 Å². The molecule has 0 bridgehead atoms. The lowest BCUT2D eigenvalue weighted by molar-refractivity contribution is -0.126. The van der Waals surface area contributed by atoms with Gasteiger partial charge in [-0.3, -0.25) is 4.79 Å². The summed E-state index contributed by atoms with van der Waals surface area (Å²) in [5.74, 6) is 0.183. The van der Waals surface area contributed by atoms with E-state index in [9.17, 15) is 13.2 Å². The third kappa shape index (κ3) is 3.72. The fraction of sp³-hybridized carbons (Fsp3) is 0.350. The van der Waals surface area contributed by atoms with Gasteiger partial charge in [-0.15, -0.1) is 11.3 Å². The van der Waals surface area contributed by atoms with Gasteiger partial charge in [-0.1, -0.05) is 24.3 Å². The molecule has 0 spiro atoms. The van der Waals surface area contributed by atoms with Crippen LogP contribution in [-0.2, 0) is 14.8 Å². The largest absolute Gasteiger partial charge is 0.459 e. The van der Waals surface area contributed by atoms with Crippen molar-refractivity contribution in [2.75, 3.05) is 13.1 Å². The Morgan fingerprint density at radius 1 is 1.29 bits per heavy atom. The molecule has 4 rings (SSSR count). The zero-order chi connectivity index (χ0) is 19.7. The second-order valence-electron chi connectivity index (χ2n) is 7.05. The molecule has 1 amide bonds. The normalized spacial score (nSPS) is 19.5. The van der Waals surface area contributed by atoms with Crippen LogP contribution in [0, 0.1) is 5.92 Å². The Hall–Kier alpha value is -2.16. The molecule has 1 aromatic carbocycles. The Balaban J connectivity index is 1.44. The van der Waals surface area contributed by atoms with Crippen LogP contribution in [-0.4, -0.2) is 31.7 Å². The molecule has 6 nitrogen and oxygen atoms in total. The zero-order valence-electron chi connectivity index (χ0n) is 15.5. The van der Waals surface area contributed by atoms with Crippen LogP contribution in [0.5, 0.6) is 0 Å². The number of sulfonamides is 1. The molecule has 0 saturated carbocycles. The number of thiophene rings is 1. The first-order valence-electron chi connectivity index (χ1n) is 9.27. The molecule has 0 unspecified atom stereocenters. The number of hydrogen-bond donors (Lipinski definition) is 1. The molecule has 148 valence electrons. The lowest BCUT2D eigenvalue weighted by Gasteiger charge is -2.31. The third-order valence-corrected chi connectivity index (χ3v) is 8.31. The van der Waals surface area contributed by atoms with Crippen LogP contribution < -0.4 is 5.32 Å². The fourth-order valence-corrected chi connectivity index (χ4v) is 6.20. The first-order valence-corrected chi connectivity index (χ1v) is 11.6. The van der Waals surface area contributed by atoms with Gasteiger partial charge >= 0.3 is 0 Å². The van der Waals surface area contributed by atoms with Crippen molar-refractivity contribution in [3.63, 3.8) is 0 Å². The first-order chi connectivity index (χ1) is 13.4. The van der Waals surface area contributed by atoms with Gasteiger partial charge in [0.1, 0.15) is 15.6 Å². The summed E-state index contributed by atoms with van der Waals surface area (Å²) in [7, 11) is -3.53. The highest BCUT2D eigenvalue weighted by Gasteiger charge is 2.34. The predicted molar refractivity (Wildman–Crippen MR) is 109 cm³/mol. The molecule has 1 fully saturated rings. The van der Waals surface area contributed by atoms with E-state index in [4.69, 9.17) is 4.42 Å². The van der Waals surface area contributed by atoms with E-state index in [0.29, 0.717) is 29.4 Å². The predicted octanol–water partition coefficient (Wildman–Crippen LogP) is 3.77. The minimum absolute atomic E-state index is 0.140. The van der Waals surface area contributed by atoms with E-state index in [1.165, 1.54) is 15.6 Å². The summed E-state index contributed by atoms with van der Waals surface area (Å²) in [6.07, 6.45) is 1.34. The molecule has 1 aliphatic rings. The van der Waals surface area contributed by atoms with Gasteiger partial charge in [0.15, 0.2) is 0 Å². The number of carbonyl (C=O) groups is 1. The van der Waals surface area contributed by atoms with Crippen molar-refractivity contribution in [2.24, 2.45) is 5.92 Å². The average molecular weight is 419 g/mol. The molecule has 2 aromatic heterocycles. The zero-order valence-corrected chi connectivity index (χ0v) is 17.1. The molecule has 0 radical (unpaired) electrons. The summed E-state index contributed by atoms with van der Waals surface area (Å²) in [5.41, 5.74) is 0.782. The number of fused-ring (bicyclic) bond motifs is 1. The van der Waals surface area contributed by atoms with Gasteiger partial charge in [0.25, 0.3) is 10.0 Å². The Labute approximate surface area is 168 Å². The number of carbonyl (C=O) groups excluding carboxylic acids is 1. The van der Waals surface area contributed by atoms with E-state index in [1.807, 2.05) is 37.3 Å². The summed E-state index contributed by atoms with van der Waals surface area (Å²) >= 11 is 1.20. The standard InChI is InChI=1S/C20H22N2O4S2/c1-14(18-12-15-6-2-3-8-17(15)26-18)21-20(23)16-7-4-10-22(13-16)28(24,25)19-9-5-11-27-19/h2-3,5-6,8-9,11-12,14,16H,4,7,10,13H2,1H3,(H,21,23)/t14-,16-/m1/s1. The number of nitrogens with zero attached hydrogens (tertiary/aromatic N) is 1. The fourth-order valence-electron chi connectivity index (χ4n) is 3.53. The monoisotopic (exact) mass is 418 g/mol. The van der Waals surface area contributed by atoms with E-state index in [1.54, 1.807) is 17.5 Å².